The first kappa shape index (κ1) is 11.4. The lowest BCUT2D eigenvalue weighted by molar-refractivity contribution is -0.127. The minimum atomic E-state index is -0.0578. The van der Waals surface area contributed by atoms with E-state index in [0.29, 0.717) is 18.9 Å². The van der Waals surface area contributed by atoms with Gasteiger partial charge < -0.3 is 16.0 Å². The number of hydrogen-bond acceptors (Lipinski definition) is 3. The zero-order valence-corrected chi connectivity index (χ0v) is 9.58. The van der Waals surface area contributed by atoms with E-state index in [1.54, 1.807) is 0 Å². The molecule has 2 saturated heterocycles. The van der Waals surface area contributed by atoms with Gasteiger partial charge in [0.15, 0.2) is 0 Å². The van der Waals surface area contributed by atoms with Crippen molar-refractivity contribution in [1.82, 2.24) is 16.0 Å². The lowest BCUT2D eigenvalue weighted by Crippen LogP contribution is -2.52. The van der Waals surface area contributed by atoms with E-state index in [0.717, 1.165) is 19.4 Å². The van der Waals surface area contributed by atoms with Gasteiger partial charge in [-0.3, -0.25) is 9.59 Å². The van der Waals surface area contributed by atoms with Crippen LogP contribution >= 0.6 is 0 Å². The van der Waals surface area contributed by atoms with Crippen molar-refractivity contribution in [1.29, 1.82) is 0 Å². The van der Waals surface area contributed by atoms with Crippen LogP contribution in [0.4, 0.5) is 0 Å². The van der Waals surface area contributed by atoms with Crippen LogP contribution in [0.2, 0.25) is 0 Å². The van der Waals surface area contributed by atoms with E-state index in [4.69, 9.17) is 0 Å². The quantitative estimate of drug-likeness (QED) is 0.586. The molecule has 16 heavy (non-hydrogen) atoms. The van der Waals surface area contributed by atoms with Crippen LogP contribution < -0.4 is 16.0 Å². The van der Waals surface area contributed by atoms with Crippen LogP contribution in [0.5, 0.6) is 0 Å². The second-order valence-corrected chi connectivity index (χ2v) is 4.75. The van der Waals surface area contributed by atoms with Gasteiger partial charge in [0.2, 0.25) is 11.8 Å². The molecule has 90 valence electrons. The molecule has 2 amide bonds. The van der Waals surface area contributed by atoms with Gasteiger partial charge >= 0.3 is 0 Å². The zero-order valence-electron chi connectivity index (χ0n) is 9.58. The molecule has 3 atom stereocenters. The zero-order chi connectivity index (χ0) is 11.5. The molecule has 5 nitrogen and oxygen atoms in total. The summed E-state index contributed by atoms with van der Waals surface area (Å²) < 4.78 is 0. The van der Waals surface area contributed by atoms with Gasteiger partial charge in [0.1, 0.15) is 0 Å². The molecule has 2 fully saturated rings. The average molecular weight is 225 g/mol. The maximum absolute atomic E-state index is 11.9. The first-order chi connectivity index (χ1) is 7.66. The van der Waals surface area contributed by atoms with Crippen molar-refractivity contribution in [3.05, 3.63) is 0 Å². The molecular formula is C11H19N3O2. The van der Waals surface area contributed by atoms with Crippen molar-refractivity contribution < 1.29 is 9.59 Å². The van der Waals surface area contributed by atoms with E-state index < -0.39 is 0 Å². The molecule has 3 N–H and O–H groups in total. The Morgan fingerprint density at radius 1 is 1.44 bits per heavy atom. The van der Waals surface area contributed by atoms with Crippen LogP contribution in [-0.2, 0) is 9.59 Å². The lowest BCUT2D eigenvalue weighted by Gasteiger charge is -2.25. The summed E-state index contributed by atoms with van der Waals surface area (Å²) in [6.45, 7) is 3.57. The van der Waals surface area contributed by atoms with Crippen molar-refractivity contribution in [3.63, 3.8) is 0 Å². The molecule has 0 saturated carbocycles. The summed E-state index contributed by atoms with van der Waals surface area (Å²) in [6, 6.07) is 0.0393. The van der Waals surface area contributed by atoms with Crippen molar-refractivity contribution >= 4 is 11.8 Å². The van der Waals surface area contributed by atoms with Gasteiger partial charge in [-0.2, -0.15) is 0 Å². The van der Waals surface area contributed by atoms with Gasteiger partial charge in [0.05, 0.1) is 6.04 Å². The molecule has 0 bridgehead atoms. The van der Waals surface area contributed by atoms with Crippen molar-refractivity contribution in [2.24, 2.45) is 5.92 Å². The Kier molecular flexibility index (Phi) is 3.43. The van der Waals surface area contributed by atoms with Crippen LogP contribution in [0, 0.1) is 5.92 Å². The van der Waals surface area contributed by atoms with Gasteiger partial charge in [-0.05, 0) is 25.3 Å². The minimum Gasteiger partial charge on any atom is -0.354 e. The molecule has 0 aromatic carbocycles. The molecule has 0 aromatic heterocycles. The number of hydrogen-bond donors (Lipinski definition) is 3. The first-order valence-corrected chi connectivity index (χ1v) is 5.97. The molecule has 2 heterocycles. The van der Waals surface area contributed by atoms with E-state index in [1.165, 1.54) is 0 Å². The highest BCUT2D eigenvalue weighted by atomic mass is 16.2. The van der Waals surface area contributed by atoms with Crippen molar-refractivity contribution in [2.45, 2.75) is 38.3 Å². The molecule has 3 unspecified atom stereocenters. The highest BCUT2D eigenvalue weighted by Crippen LogP contribution is 2.15. The van der Waals surface area contributed by atoms with Crippen LogP contribution in [0.25, 0.3) is 0 Å². The number of carbonyl (C=O) groups excluding carboxylic acids is 2. The number of piperidine rings is 1. The van der Waals surface area contributed by atoms with E-state index in [-0.39, 0.29) is 23.9 Å². The second kappa shape index (κ2) is 4.82. The van der Waals surface area contributed by atoms with Crippen LogP contribution in [0.15, 0.2) is 0 Å². The third-order valence-corrected chi connectivity index (χ3v) is 3.43. The van der Waals surface area contributed by atoms with Gasteiger partial charge in [-0.25, -0.2) is 0 Å². The molecule has 2 aliphatic heterocycles. The largest absolute Gasteiger partial charge is 0.354 e. The minimum absolute atomic E-state index is 0.0578. The van der Waals surface area contributed by atoms with Crippen LogP contribution in [0.3, 0.4) is 0 Å². The molecule has 2 aliphatic rings. The molecule has 0 aromatic rings. The molecule has 0 spiro atoms. The normalized spacial score (nSPS) is 34.6. The average Bonchev–Trinajstić information content (AvgIpc) is 2.68. The maximum Gasteiger partial charge on any atom is 0.237 e. The topological polar surface area (TPSA) is 70.2 Å². The fraction of sp³-hybridized carbons (Fsp3) is 0.818. The lowest BCUT2D eigenvalue weighted by atomic mass is 10.0. The molecule has 5 heteroatoms. The van der Waals surface area contributed by atoms with Gasteiger partial charge in [-0.1, -0.05) is 6.92 Å². The number of carbonyl (C=O) groups is 2. The Bertz CT molecular complexity index is 283. The van der Waals surface area contributed by atoms with Crippen LogP contribution in [-0.4, -0.2) is 37.0 Å². The fourth-order valence-corrected chi connectivity index (χ4v) is 2.33. The Morgan fingerprint density at radius 3 is 2.81 bits per heavy atom. The molecule has 0 radical (unpaired) electrons. The first-order valence-electron chi connectivity index (χ1n) is 5.97. The van der Waals surface area contributed by atoms with E-state index >= 15 is 0 Å². The van der Waals surface area contributed by atoms with Crippen molar-refractivity contribution in [3.8, 4) is 0 Å². The Labute approximate surface area is 95.3 Å². The third-order valence-electron chi connectivity index (χ3n) is 3.43. The molecule has 0 aliphatic carbocycles. The summed E-state index contributed by atoms with van der Waals surface area (Å²) in [5, 5.41) is 8.97. The number of rotatable bonds is 2. The highest BCUT2D eigenvalue weighted by molar-refractivity contribution is 5.83. The Balaban J connectivity index is 1.80. The molecular weight excluding hydrogens is 206 g/mol. The summed E-state index contributed by atoms with van der Waals surface area (Å²) >= 11 is 0. The van der Waals surface area contributed by atoms with E-state index in [9.17, 15) is 9.59 Å². The van der Waals surface area contributed by atoms with Crippen molar-refractivity contribution in [2.75, 3.05) is 13.1 Å². The summed E-state index contributed by atoms with van der Waals surface area (Å²) in [4.78, 5) is 22.9. The van der Waals surface area contributed by atoms with Crippen LogP contribution in [0.1, 0.15) is 26.2 Å². The summed E-state index contributed by atoms with van der Waals surface area (Å²) in [6.07, 6.45) is 2.32. The highest BCUT2D eigenvalue weighted by Gasteiger charge is 2.31. The Morgan fingerprint density at radius 2 is 2.25 bits per heavy atom. The predicted molar refractivity (Wildman–Crippen MR) is 59.7 cm³/mol. The smallest absolute Gasteiger partial charge is 0.237 e. The summed E-state index contributed by atoms with van der Waals surface area (Å²) in [5.74, 6) is 0.558. The van der Waals surface area contributed by atoms with Gasteiger partial charge in [0, 0.05) is 19.0 Å². The Hall–Kier alpha value is -1.10. The van der Waals surface area contributed by atoms with E-state index in [2.05, 4.69) is 22.9 Å². The summed E-state index contributed by atoms with van der Waals surface area (Å²) in [7, 11) is 0. The van der Waals surface area contributed by atoms with Gasteiger partial charge in [-0.15, -0.1) is 0 Å². The predicted octanol–water partition coefficient (Wildman–Crippen LogP) is -0.621. The third kappa shape index (κ3) is 2.52. The monoisotopic (exact) mass is 225 g/mol. The number of nitrogens with one attached hydrogen (secondary N) is 3. The SMILES string of the molecule is CC1CCNC1C(=O)NC1CCC(=O)NC1. The maximum atomic E-state index is 11.9. The number of amides is 2. The standard InChI is InChI=1S/C11H19N3O2/c1-7-4-5-12-10(7)11(16)14-8-2-3-9(15)13-6-8/h7-8,10,12H,2-6H2,1H3,(H,13,15)(H,14,16). The molecule has 2 rings (SSSR count). The fourth-order valence-electron chi connectivity index (χ4n) is 2.33. The van der Waals surface area contributed by atoms with E-state index in [1.807, 2.05) is 0 Å². The summed E-state index contributed by atoms with van der Waals surface area (Å²) in [5.41, 5.74) is 0. The van der Waals surface area contributed by atoms with Gasteiger partial charge in [0.25, 0.3) is 0 Å². The second-order valence-electron chi connectivity index (χ2n) is 4.75.